The molecule has 1 amide bonds. The first kappa shape index (κ1) is 15.9. The maximum absolute atomic E-state index is 12.6. The number of fused-ring (bicyclic) bond motifs is 1. The summed E-state index contributed by atoms with van der Waals surface area (Å²) in [6.07, 6.45) is 3.97. The van der Waals surface area contributed by atoms with Gasteiger partial charge in [-0.1, -0.05) is 13.0 Å². The summed E-state index contributed by atoms with van der Waals surface area (Å²) in [6, 6.07) is 3.87. The van der Waals surface area contributed by atoms with Crippen LogP contribution in [0.25, 0.3) is 5.78 Å². The van der Waals surface area contributed by atoms with Gasteiger partial charge < -0.3 is 4.90 Å². The van der Waals surface area contributed by atoms with E-state index in [0.717, 1.165) is 17.7 Å². The number of carbonyl (C=O) groups is 1. The Balaban J connectivity index is 1.84. The fourth-order valence-electron chi connectivity index (χ4n) is 2.39. The second-order valence-corrected chi connectivity index (χ2v) is 5.59. The molecule has 8 heteroatoms. The van der Waals surface area contributed by atoms with Gasteiger partial charge in [-0.2, -0.15) is 9.50 Å². The zero-order valence-corrected chi connectivity index (χ0v) is 13.8. The van der Waals surface area contributed by atoms with Crippen molar-refractivity contribution in [1.82, 2.24) is 29.5 Å². The van der Waals surface area contributed by atoms with Crippen molar-refractivity contribution >= 4 is 11.7 Å². The number of rotatable bonds is 4. The minimum atomic E-state index is -0.466. The molecule has 0 spiro atoms. The highest BCUT2D eigenvalue weighted by molar-refractivity contribution is 5.93. The maximum atomic E-state index is 12.6. The van der Waals surface area contributed by atoms with E-state index in [1.165, 1.54) is 15.6 Å². The number of pyridine rings is 1. The second-order valence-electron chi connectivity index (χ2n) is 5.59. The van der Waals surface area contributed by atoms with Crippen LogP contribution in [0, 0.1) is 6.92 Å². The van der Waals surface area contributed by atoms with E-state index in [-0.39, 0.29) is 11.3 Å². The monoisotopic (exact) mass is 326 g/mol. The van der Waals surface area contributed by atoms with Crippen molar-refractivity contribution < 1.29 is 4.79 Å². The molecule has 124 valence electrons. The summed E-state index contributed by atoms with van der Waals surface area (Å²) in [4.78, 5) is 38.9. The highest BCUT2D eigenvalue weighted by Gasteiger charge is 2.19. The standard InChI is InChI=1S/C16H18N6O2/c1-4-11-5-6-12(17-7-11)9-21(3)14(23)13-8-18-16-19-10(2)20-22(16)15(13)24/h5-8H,4,9H2,1-3H3,(H,18,19,20). The molecule has 0 bridgehead atoms. The van der Waals surface area contributed by atoms with Crippen LogP contribution in [0.5, 0.6) is 0 Å². The van der Waals surface area contributed by atoms with Crippen LogP contribution in [-0.2, 0) is 13.0 Å². The molecule has 0 aliphatic carbocycles. The predicted molar refractivity (Wildman–Crippen MR) is 87.8 cm³/mol. The predicted octanol–water partition coefficient (Wildman–Crippen LogP) is 0.956. The first-order valence-corrected chi connectivity index (χ1v) is 7.63. The van der Waals surface area contributed by atoms with Crippen LogP contribution in [0.1, 0.15) is 34.4 Å². The van der Waals surface area contributed by atoms with Crippen molar-refractivity contribution in [2.24, 2.45) is 0 Å². The number of hydrogen-bond acceptors (Lipinski definition) is 5. The van der Waals surface area contributed by atoms with Gasteiger partial charge >= 0.3 is 0 Å². The number of amides is 1. The Bertz CT molecular complexity index is 941. The van der Waals surface area contributed by atoms with Crippen molar-refractivity contribution in [2.75, 3.05) is 7.05 Å². The van der Waals surface area contributed by atoms with Crippen LogP contribution in [0.2, 0.25) is 0 Å². The third-order valence-corrected chi connectivity index (χ3v) is 3.75. The largest absolute Gasteiger partial charge is 0.336 e. The molecule has 0 saturated carbocycles. The first-order valence-electron chi connectivity index (χ1n) is 7.63. The fraction of sp³-hybridized carbons (Fsp3) is 0.312. The molecule has 1 N–H and O–H groups in total. The van der Waals surface area contributed by atoms with Gasteiger partial charge in [0.1, 0.15) is 11.4 Å². The van der Waals surface area contributed by atoms with Gasteiger partial charge in [0.2, 0.25) is 0 Å². The van der Waals surface area contributed by atoms with Crippen LogP contribution in [0.4, 0.5) is 0 Å². The molecule has 3 rings (SSSR count). The number of nitrogens with zero attached hydrogens (tertiary/aromatic N) is 5. The summed E-state index contributed by atoms with van der Waals surface area (Å²) in [5.74, 6) is 0.391. The van der Waals surface area contributed by atoms with Gasteiger partial charge in [0.15, 0.2) is 0 Å². The smallest absolute Gasteiger partial charge is 0.286 e. The summed E-state index contributed by atoms with van der Waals surface area (Å²) in [5, 5.41) is 2.77. The van der Waals surface area contributed by atoms with E-state index in [1.807, 2.05) is 12.1 Å². The van der Waals surface area contributed by atoms with E-state index in [4.69, 9.17) is 0 Å². The Morgan fingerprint density at radius 2 is 2.08 bits per heavy atom. The quantitative estimate of drug-likeness (QED) is 0.770. The molecule has 0 aliphatic rings. The number of aromatic nitrogens is 5. The van der Waals surface area contributed by atoms with Gasteiger partial charge in [0, 0.05) is 19.4 Å². The normalized spacial score (nSPS) is 11.0. The van der Waals surface area contributed by atoms with Gasteiger partial charge in [-0.15, -0.1) is 0 Å². The average Bonchev–Trinajstić information content (AvgIpc) is 2.97. The summed E-state index contributed by atoms with van der Waals surface area (Å²) in [5.41, 5.74) is 1.42. The fourth-order valence-corrected chi connectivity index (χ4v) is 2.39. The van der Waals surface area contributed by atoms with E-state index < -0.39 is 11.5 Å². The van der Waals surface area contributed by atoms with Crippen molar-refractivity contribution in [2.45, 2.75) is 26.8 Å². The number of hydrogen-bond donors (Lipinski definition) is 1. The minimum Gasteiger partial charge on any atom is -0.336 e. The SMILES string of the molecule is CCc1ccc(CN(C)C(=O)c2cnc3nc(C)[nH]n3c2=O)nc1. The highest BCUT2D eigenvalue weighted by Crippen LogP contribution is 2.06. The molecule has 0 unspecified atom stereocenters. The van der Waals surface area contributed by atoms with Crippen molar-refractivity contribution in [3.63, 3.8) is 0 Å². The van der Waals surface area contributed by atoms with Crippen molar-refractivity contribution in [1.29, 1.82) is 0 Å². The summed E-state index contributed by atoms with van der Waals surface area (Å²) >= 11 is 0. The van der Waals surface area contributed by atoms with E-state index in [1.54, 1.807) is 20.2 Å². The molecule has 8 nitrogen and oxygen atoms in total. The molecule has 0 radical (unpaired) electrons. The summed E-state index contributed by atoms with van der Waals surface area (Å²) in [6.45, 7) is 4.08. The van der Waals surface area contributed by atoms with Crippen LogP contribution < -0.4 is 5.56 Å². The van der Waals surface area contributed by atoms with Crippen molar-refractivity contribution in [3.05, 3.63) is 57.5 Å². The average molecular weight is 326 g/mol. The van der Waals surface area contributed by atoms with Gasteiger partial charge in [0.05, 0.1) is 12.2 Å². The topological polar surface area (TPSA) is 96.3 Å². The van der Waals surface area contributed by atoms with E-state index in [2.05, 4.69) is 27.0 Å². The van der Waals surface area contributed by atoms with Gasteiger partial charge in [-0.3, -0.25) is 19.7 Å². The van der Waals surface area contributed by atoms with E-state index in [0.29, 0.717) is 12.4 Å². The second kappa shape index (κ2) is 6.23. The van der Waals surface area contributed by atoms with Gasteiger partial charge in [0.25, 0.3) is 17.2 Å². The molecule has 0 saturated heterocycles. The maximum Gasteiger partial charge on any atom is 0.286 e. The lowest BCUT2D eigenvalue weighted by Crippen LogP contribution is -2.33. The van der Waals surface area contributed by atoms with Crippen LogP contribution in [0.15, 0.2) is 29.3 Å². The van der Waals surface area contributed by atoms with Gasteiger partial charge in [-0.25, -0.2) is 4.98 Å². The number of H-pyrrole nitrogens is 1. The third-order valence-electron chi connectivity index (χ3n) is 3.75. The Morgan fingerprint density at radius 1 is 1.29 bits per heavy atom. The van der Waals surface area contributed by atoms with Crippen LogP contribution in [0.3, 0.4) is 0 Å². The van der Waals surface area contributed by atoms with Crippen LogP contribution in [-0.4, -0.2) is 42.4 Å². The third kappa shape index (κ3) is 2.90. The number of carbonyl (C=O) groups excluding carboxylic acids is 1. The lowest BCUT2D eigenvalue weighted by atomic mass is 10.2. The number of nitrogens with one attached hydrogen (secondary N) is 1. The first-order chi connectivity index (χ1) is 11.5. The molecule has 3 aromatic rings. The molecule has 3 aromatic heterocycles. The van der Waals surface area contributed by atoms with Crippen molar-refractivity contribution in [3.8, 4) is 0 Å². The molecular weight excluding hydrogens is 308 g/mol. The van der Waals surface area contributed by atoms with Crippen LogP contribution >= 0.6 is 0 Å². The Morgan fingerprint density at radius 3 is 2.75 bits per heavy atom. The lowest BCUT2D eigenvalue weighted by Gasteiger charge is -2.16. The molecule has 0 atom stereocenters. The molecule has 24 heavy (non-hydrogen) atoms. The molecular formula is C16H18N6O2. The number of aromatic amines is 1. The molecule has 0 fully saturated rings. The van der Waals surface area contributed by atoms with E-state index in [9.17, 15) is 9.59 Å². The Labute approximate surface area is 138 Å². The highest BCUT2D eigenvalue weighted by atomic mass is 16.2. The number of aryl methyl sites for hydroxylation is 2. The Hall–Kier alpha value is -3.03. The molecule has 3 heterocycles. The Kier molecular flexibility index (Phi) is 4.11. The zero-order valence-electron chi connectivity index (χ0n) is 13.8. The zero-order chi connectivity index (χ0) is 17.3. The minimum absolute atomic E-state index is 0.0103. The summed E-state index contributed by atoms with van der Waals surface area (Å²) < 4.78 is 1.17. The molecule has 0 aliphatic heterocycles. The van der Waals surface area contributed by atoms with E-state index >= 15 is 0 Å². The molecule has 0 aromatic carbocycles. The summed E-state index contributed by atoms with van der Waals surface area (Å²) in [7, 11) is 1.63. The van der Waals surface area contributed by atoms with Gasteiger partial charge in [-0.05, 0) is 25.0 Å². The lowest BCUT2D eigenvalue weighted by molar-refractivity contribution is 0.0781.